The van der Waals surface area contributed by atoms with Crippen molar-refractivity contribution in [1.29, 1.82) is 0 Å². The summed E-state index contributed by atoms with van der Waals surface area (Å²) in [5, 5.41) is 0. The summed E-state index contributed by atoms with van der Waals surface area (Å²) in [6.45, 7) is 0. The molecule has 2 rings (SSSR count). The molecule has 1 aliphatic rings. The molecule has 0 bridgehead atoms. The zero-order chi connectivity index (χ0) is 9.97. The van der Waals surface area contributed by atoms with Crippen LogP contribution in [0.15, 0.2) is 12.4 Å². The Morgan fingerprint density at radius 1 is 1.36 bits per heavy atom. The summed E-state index contributed by atoms with van der Waals surface area (Å²) in [6, 6.07) is 0.446. The predicted octanol–water partition coefficient (Wildman–Crippen LogP) is 2.52. The maximum Gasteiger partial charge on any atom is 0.316 e. The Balaban J connectivity index is 2.09. The van der Waals surface area contributed by atoms with Crippen LogP contribution in [0.1, 0.15) is 30.7 Å². The molecule has 76 valence electrons. The molecule has 1 aromatic heterocycles. The van der Waals surface area contributed by atoms with Crippen molar-refractivity contribution in [1.82, 2.24) is 9.97 Å². The number of halogens is 1. The minimum atomic E-state index is 0.446. The van der Waals surface area contributed by atoms with E-state index in [0.29, 0.717) is 16.8 Å². The van der Waals surface area contributed by atoms with Gasteiger partial charge in [-0.15, -0.1) is 0 Å². The van der Waals surface area contributed by atoms with E-state index >= 15 is 0 Å². The summed E-state index contributed by atoms with van der Waals surface area (Å²) in [7, 11) is 1.58. The molecule has 0 aromatic carbocycles. The molecule has 0 aliphatic heterocycles. The highest BCUT2D eigenvalue weighted by Crippen LogP contribution is 2.37. The van der Waals surface area contributed by atoms with Gasteiger partial charge in [0.2, 0.25) is 0 Å². The predicted molar refractivity (Wildman–Crippen MR) is 57.9 cm³/mol. The largest absolute Gasteiger partial charge is 0.467 e. The Labute approximate surface area is 92.0 Å². The smallest absolute Gasteiger partial charge is 0.316 e. The second-order valence-electron chi connectivity index (χ2n) is 3.61. The molecule has 4 heteroatoms. The van der Waals surface area contributed by atoms with Gasteiger partial charge in [0.25, 0.3) is 0 Å². The average molecular weight is 257 g/mol. The normalized spacial score (nSPS) is 26.4. The van der Waals surface area contributed by atoms with Gasteiger partial charge in [-0.25, -0.2) is 9.97 Å². The van der Waals surface area contributed by atoms with Crippen LogP contribution in [-0.4, -0.2) is 21.9 Å². The van der Waals surface area contributed by atoms with Crippen molar-refractivity contribution in [3.63, 3.8) is 0 Å². The van der Waals surface area contributed by atoms with Gasteiger partial charge in [-0.05, 0) is 30.7 Å². The molecule has 1 saturated carbocycles. The van der Waals surface area contributed by atoms with Crippen molar-refractivity contribution in [2.45, 2.75) is 30.0 Å². The fraction of sp³-hybridized carbons (Fsp3) is 0.600. The first-order valence-corrected chi connectivity index (χ1v) is 5.71. The molecule has 3 nitrogen and oxygen atoms in total. The van der Waals surface area contributed by atoms with Crippen molar-refractivity contribution in [2.24, 2.45) is 0 Å². The van der Waals surface area contributed by atoms with Gasteiger partial charge in [-0.3, -0.25) is 0 Å². The number of ether oxygens (including phenoxy) is 1. The van der Waals surface area contributed by atoms with E-state index in [1.54, 1.807) is 7.11 Å². The topological polar surface area (TPSA) is 35.0 Å². The lowest BCUT2D eigenvalue weighted by molar-refractivity contribution is 0.379. The summed E-state index contributed by atoms with van der Waals surface area (Å²) >= 11 is 3.64. The maximum absolute atomic E-state index is 4.92. The Kier molecular flexibility index (Phi) is 3.01. The van der Waals surface area contributed by atoms with Crippen molar-refractivity contribution < 1.29 is 4.74 Å². The molecule has 14 heavy (non-hydrogen) atoms. The fourth-order valence-corrected chi connectivity index (χ4v) is 2.59. The minimum absolute atomic E-state index is 0.446. The SMILES string of the molecule is COc1ncc(C2CCC(Br)C2)cn1. The highest BCUT2D eigenvalue weighted by atomic mass is 79.9. The molecule has 1 aliphatic carbocycles. The average Bonchev–Trinajstić information content (AvgIpc) is 2.65. The molecule has 2 unspecified atom stereocenters. The zero-order valence-electron chi connectivity index (χ0n) is 8.11. The molecule has 1 aromatic rings. The monoisotopic (exact) mass is 256 g/mol. The van der Waals surface area contributed by atoms with E-state index in [1.165, 1.54) is 24.8 Å². The molecular weight excluding hydrogens is 244 g/mol. The molecule has 1 heterocycles. The van der Waals surface area contributed by atoms with Crippen molar-refractivity contribution >= 4 is 15.9 Å². The third-order valence-electron chi connectivity index (χ3n) is 2.67. The standard InChI is InChI=1S/C10H13BrN2O/c1-14-10-12-5-8(6-13-10)7-2-3-9(11)4-7/h5-7,9H,2-4H2,1H3. The van der Waals surface area contributed by atoms with Crippen LogP contribution >= 0.6 is 15.9 Å². The first-order chi connectivity index (χ1) is 6.79. The van der Waals surface area contributed by atoms with E-state index in [1.807, 2.05) is 12.4 Å². The number of alkyl halides is 1. The molecule has 0 N–H and O–H groups in total. The van der Waals surface area contributed by atoms with E-state index in [2.05, 4.69) is 25.9 Å². The first kappa shape index (κ1) is 9.90. The highest BCUT2D eigenvalue weighted by Gasteiger charge is 2.24. The Morgan fingerprint density at radius 3 is 2.57 bits per heavy atom. The van der Waals surface area contributed by atoms with Gasteiger partial charge >= 0.3 is 6.01 Å². The van der Waals surface area contributed by atoms with Gasteiger partial charge in [0.05, 0.1) is 7.11 Å². The van der Waals surface area contributed by atoms with E-state index in [9.17, 15) is 0 Å². The molecular formula is C10H13BrN2O. The van der Waals surface area contributed by atoms with Crippen LogP contribution < -0.4 is 4.74 Å². The summed E-state index contributed by atoms with van der Waals surface area (Å²) in [4.78, 5) is 8.90. The zero-order valence-corrected chi connectivity index (χ0v) is 9.70. The molecule has 0 amide bonds. The Morgan fingerprint density at radius 2 is 2.07 bits per heavy atom. The lowest BCUT2D eigenvalue weighted by Crippen LogP contribution is -1.98. The van der Waals surface area contributed by atoms with Crippen LogP contribution in [0.4, 0.5) is 0 Å². The van der Waals surface area contributed by atoms with Crippen LogP contribution in [0.25, 0.3) is 0 Å². The second kappa shape index (κ2) is 4.26. The third-order valence-corrected chi connectivity index (χ3v) is 3.50. The highest BCUT2D eigenvalue weighted by molar-refractivity contribution is 9.09. The van der Waals surface area contributed by atoms with Crippen LogP contribution in [0.2, 0.25) is 0 Å². The van der Waals surface area contributed by atoms with E-state index in [4.69, 9.17) is 4.74 Å². The summed E-state index contributed by atoms with van der Waals surface area (Å²) in [5.41, 5.74) is 1.23. The number of aromatic nitrogens is 2. The molecule has 1 fully saturated rings. The number of rotatable bonds is 2. The van der Waals surface area contributed by atoms with E-state index < -0.39 is 0 Å². The molecule has 2 atom stereocenters. The van der Waals surface area contributed by atoms with Crippen LogP contribution in [0.3, 0.4) is 0 Å². The quantitative estimate of drug-likeness (QED) is 0.763. The lowest BCUT2D eigenvalue weighted by Gasteiger charge is -2.08. The van der Waals surface area contributed by atoms with Gasteiger partial charge in [0, 0.05) is 17.2 Å². The number of methoxy groups -OCH3 is 1. The first-order valence-electron chi connectivity index (χ1n) is 4.79. The van der Waals surface area contributed by atoms with E-state index in [0.717, 1.165) is 0 Å². The van der Waals surface area contributed by atoms with Crippen molar-refractivity contribution in [3.05, 3.63) is 18.0 Å². The number of hydrogen-bond acceptors (Lipinski definition) is 3. The minimum Gasteiger partial charge on any atom is -0.467 e. The van der Waals surface area contributed by atoms with E-state index in [-0.39, 0.29) is 0 Å². The van der Waals surface area contributed by atoms with Gasteiger partial charge in [-0.1, -0.05) is 15.9 Å². The summed E-state index contributed by atoms with van der Waals surface area (Å²) < 4.78 is 4.92. The van der Waals surface area contributed by atoms with Crippen LogP contribution in [0, 0.1) is 0 Å². The van der Waals surface area contributed by atoms with Crippen LogP contribution in [-0.2, 0) is 0 Å². The fourth-order valence-electron chi connectivity index (χ4n) is 1.87. The van der Waals surface area contributed by atoms with Gasteiger partial charge < -0.3 is 4.74 Å². The second-order valence-corrected chi connectivity index (χ2v) is 4.91. The molecule has 0 radical (unpaired) electrons. The van der Waals surface area contributed by atoms with Crippen LogP contribution in [0.5, 0.6) is 6.01 Å². The third kappa shape index (κ3) is 2.05. The lowest BCUT2D eigenvalue weighted by atomic mass is 10.0. The van der Waals surface area contributed by atoms with Gasteiger partial charge in [0.1, 0.15) is 0 Å². The molecule has 0 saturated heterocycles. The summed E-state index contributed by atoms with van der Waals surface area (Å²) in [5.74, 6) is 0.616. The van der Waals surface area contributed by atoms with Gasteiger partial charge in [-0.2, -0.15) is 0 Å². The Hall–Kier alpha value is -0.640. The molecule has 0 spiro atoms. The summed E-state index contributed by atoms with van der Waals surface area (Å²) in [6.07, 6.45) is 7.42. The Bertz CT molecular complexity index is 301. The van der Waals surface area contributed by atoms with Crippen molar-refractivity contribution in [3.8, 4) is 6.01 Å². The number of hydrogen-bond donors (Lipinski definition) is 0. The number of nitrogens with zero attached hydrogens (tertiary/aromatic N) is 2. The van der Waals surface area contributed by atoms with Crippen molar-refractivity contribution in [2.75, 3.05) is 7.11 Å². The maximum atomic E-state index is 4.92. The van der Waals surface area contributed by atoms with Gasteiger partial charge in [0.15, 0.2) is 0 Å².